The molecule has 0 aliphatic carbocycles. The number of anilines is 1. The molecule has 1 aromatic rings. The number of nitrogens with two attached hydrogens (primary N) is 1. The van der Waals surface area contributed by atoms with E-state index in [9.17, 15) is 4.79 Å². The standard InChI is InChI=1S/C11H17BrN4OS/c1-7(18-2)3-4-14-11(17)9-5-8(12)6-15-10(9)16-13/h5-7H,3-4,13H2,1-2H3,(H,14,17)(H,15,16). The van der Waals surface area contributed by atoms with Gasteiger partial charge in [0.2, 0.25) is 0 Å². The fraction of sp³-hybridized carbons (Fsp3) is 0.455. The first kappa shape index (κ1) is 15.3. The number of carbonyl (C=O) groups excluding carboxylic acids is 1. The summed E-state index contributed by atoms with van der Waals surface area (Å²) in [5, 5.41) is 3.38. The molecule has 0 aliphatic heterocycles. The van der Waals surface area contributed by atoms with Gasteiger partial charge in [-0.1, -0.05) is 6.92 Å². The summed E-state index contributed by atoms with van der Waals surface area (Å²) in [6, 6.07) is 1.69. The van der Waals surface area contributed by atoms with E-state index in [0.29, 0.717) is 23.2 Å². The van der Waals surface area contributed by atoms with Gasteiger partial charge in [-0.2, -0.15) is 11.8 Å². The molecule has 7 heteroatoms. The van der Waals surface area contributed by atoms with Gasteiger partial charge in [0.05, 0.1) is 5.56 Å². The normalized spacial score (nSPS) is 12.0. The first-order valence-corrected chi connectivity index (χ1v) is 7.59. The molecule has 1 heterocycles. The van der Waals surface area contributed by atoms with Gasteiger partial charge in [-0.25, -0.2) is 10.8 Å². The molecule has 0 spiro atoms. The summed E-state index contributed by atoms with van der Waals surface area (Å²) in [4.78, 5) is 16.0. The van der Waals surface area contributed by atoms with Crippen LogP contribution in [0, 0.1) is 0 Å². The van der Waals surface area contributed by atoms with Crippen LogP contribution in [-0.2, 0) is 0 Å². The maximum atomic E-state index is 12.0. The van der Waals surface area contributed by atoms with Crippen molar-refractivity contribution in [2.45, 2.75) is 18.6 Å². The van der Waals surface area contributed by atoms with E-state index < -0.39 is 0 Å². The van der Waals surface area contributed by atoms with E-state index in [2.05, 4.69) is 44.8 Å². The highest BCUT2D eigenvalue weighted by Crippen LogP contribution is 2.17. The van der Waals surface area contributed by atoms with Gasteiger partial charge in [-0.05, 0) is 34.7 Å². The van der Waals surface area contributed by atoms with Gasteiger partial charge in [0.15, 0.2) is 5.82 Å². The van der Waals surface area contributed by atoms with Gasteiger partial charge in [-0.15, -0.1) is 0 Å². The zero-order valence-electron chi connectivity index (χ0n) is 10.4. The minimum atomic E-state index is -0.176. The van der Waals surface area contributed by atoms with E-state index in [1.165, 1.54) is 0 Å². The molecule has 5 nitrogen and oxygen atoms in total. The summed E-state index contributed by atoms with van der Waals surface area (Å²) in [5.74, 6) is 5.52. The highest BCUT2D eigenvalue weighted by molar-refractivity contribution is 9.10. The van der Waals surface area contributed by atoms with Crippen molar-refractivity contribution in [2.75, 3.05) is 18.2 Å². The number of thioether (sulfide) groups is 1. The zero-order valence-corrected chi connectivity index (χ0v) is 12.8. The van der Waals surface area contributed by atoms with E-state index in [0.717, 1.165) is 10.9 Å². The van der Waals surface area contributed by atoms with Gasteiger partial charge in [0, 0.05) is 22.5 Å². The molecule has 1 rings (SSSR count). The van der Waals surface area contributed by atoms with Crippen LogP contribution >= 0.6 is 27.7 Å². The van der Waals surface area contributed by atoms with E-state index >= 15 is 0 Å². The molecule has 1 atom stereocenters. The molecule has 1 unspecified atom stereocenters. The number of hydrazine groups is 1. The number of rotatable bonds is 6. The molecule has 1 amide bonds. The Kier molecular flexibility index (Phi) is 6.45. The maximum absolute atomic E-state index is 12.0. The molecule has 100 valence electrons. The Labute approximate surface area is 119 Å². The zero-order chi connectivity index (χ0) is 13.5. The average molecular weight is 333 g/mol. The second kappa shape index (κ2) is 7.60. The third kappa shape index (κ3) is 4.47. The van der Waals surface area contributed by atoms with Crippen LogP contribution in [0.15, 0.2) is 16.7 Å². The number of hydrogen-bond donors (Lipinski definition) is 3. The van der Waals surface area contributed by atoms with Crippen LogP contribution in [-0.4, -0.2) is 28.9 Å². The Bertz CT molecular complexity index is 416. The number of carbonyl (C=O) groups is 1. The highest BCUT2D eigenvalue weighted by Gasteiger charge is 2.12. The van der Waals surface area contributed by atoms with E-state index in [-0.39, 0.29) is 5.91 Å². The van der Waals surface area contributed by atoms with E-state index in [1.807, 2.05) is 0 Å². The number of hydrogen-bond acceptors (Lipinski definition) is 5. The molecule has 0 saturated heterocycles. The number of pyridine rings is 1. The van der Waals surface area contributed by atoms with Crippen LogP contribution in [0.5, 0.6) is 0 Å². The lowest BCUT2D eigenvalue weighted by Crippen LogP contribution is -2.27. The third-order valence-corrected chi connectivity index (χ3v) is 3.95. The Morgan fingerprint density at radius 3 is 3.00 bits per heavy atom. The molecule has 0 bridgehead atoms. The van der Waals surface area contributed by atoms with Crippen LogP contribution in [0.1, 0.15) is 23.7 Å². The topological polar surface area (TPSA) is 80.0 Å². The van der Waals surface area contributed by atoms with Crippen molar-refractivity contribution in [3.63, 3.8) is 0 Å². The first-order chi connectivity index (χ1) is 8.58. The van der Waals surface area contributed by atoms with Crippen LogP contribution in [0.2, 0.25) is 0 Å². The van der Waals surface area contributed by atoms with E-state index in [1.54, 1.807) is 24.0 Å². The molecule has 0 radical (unpaired) electrons. The number of nitrogen functional groups attached to an aromatic ring is 1. The van der Waals surface area contributed by atoms with Crippen LogP contribution in [0.25, 0.3) is 0 Å². The molecular formula is C11H17BrN4OS. The lowest BCUT2D eigenvalue weighted by Gasteiger charge is -2.11. The summed E-state index contributed by atoms with van der Waals surface area (Å²) < 4.78 is 0.740. The number of aromatic nitrogens is 1. The van der Waals surface area contributed by atoms with Gasteiger partial charge in [0.1, 0.15) is 0 Å². The lowest BCUT2D eigenvalue weighted by molar-refractivity contribution is 0.0953. The second-order valence-corrected chi connectivity index (χ2v) is 5.98. The number of amides is 1. The number of halogens is 1. The predicted octanol–water partition coefficient (Wildman–Crippen LogP) is 2.00. The largest absolute Gasteiger partial charge is 0.352 e. The molecular weight excluding hydrogens is 316 g/mol. The first-order valence-electron chi connectivity index (χ1n) is 5.51. The quantitative estimate of drug-likeness (QED) is 0.548. The molecule has 1 aromatic heterocycles. The Morgan fingerprint density at radius 1 is 1.67 bits per heavy atom. The van der Waals surface area contributed by atoms with Gasteiger partial charge in [-0.3, -0.25) is 4.79 Å². The van der Waals surface area contributed by atoms with Crippen molar-refractivity contribution in [3.8, 4) is 0 Å². The molecule has 0 aliphatic rings. The fourth-order valence-electron chi connectivity index (χ4n) is 1.33. The highest BCUT2D eigenvalue weighted by atomic mass is 79.9. The van der Waals surface area contributed by atoms with Crippen LogP contribution in [0.4, 0.5) is 5.82 Å². The minimum absolute atomic E-state index is 0.176. The summed E-state index contributed by atoms with van der Waals surface area (Å²) in [7, 11) is 0. The molecule has 4 N–H and O–H groups in total. The Hall–Kier alpha value is -0.790. The summed E-state index contributed by atoms with van der Waals surface area (Å²) in [5.41, 5.74) is 2.85. The number of nitrogens with one attached hydrogen (secondary N) is 2. The summed E-state index contributed by atoms with van der Waals surface area (Å²) in [6.07, 6.45) is 4.57. The van der Waals surface area contributed by atoms with Gasteiger partial charge in [0.25, 0.3) is 5.91 Å². The van der Waals surface area contributed by atoms with Crippen LogP contribution < -0.4 is 16.6 Å². The SMILES string of the molecule is CSC(C)CCNC(=O)c1cc(Br)cnc1NN. The average Bonchev–Trinajstić information content (AvgIpc) is 2.38. The van der Waals surface area contributed by atoms with E-state index in [4.69, 9.17) is 5.84 Å². The molecule has 0 fully saturated rings. The predicted molar refractivity (Wildman–Crippen MR) is 79.7 cm³/mol. The summed E-state index contributed by atoms with van der Waals surface area (Å²) in [6.45, 7) is 2.77. The van der Waals surface area contributed by atoms with Crippen molar-refractivity contribution in [1.29, 1.82) is 0 Å². The van der Waals surface area contributed by atoms with Crippen molar-refractivity contribution in [2.24, 2.45) is 5.84 Å². The van der Waals surface area contributed by atoms with Crippen molar-refractivity contribution < 1.29 is 4.79 Å². The monoisotopic (exact) mass is 332 g/mol. The minimum Gasteiger partial charge on any atom is -0.352 e. The molecule has 0 aromatic carbocycles. The lowest BCUT2D eigenvalue weighted by atomic mass is 10.2. The third-order valence-electron chi connectivity index (χ3n) is 2.47. The number of nitrogens with zero attached hydrogens (tertiary/aromatic N) is 1. The van der Waals surface area contributed by atoms with Crippen molar-refractivity contribution in [1.82, 2.24) is 10.3 Å². The second-order valence-electron chi connectivity index (χ2n) is 3.78. The van der Waals surface area contributed by atoms with Crippen molar-refractivity contribution >= 4 is 39.4 Å². The maximum Gasteiger partial charge on any atom is 0.255 e. The smallest absolute Gasteiger partial charge is 0.255 e. The molecule has 0 saturated carbocycles. The Balaban J connectivity index is 2.63. The molecule has 18 heavy (non-hydrogen) atoms. The fourth-order valence-corrected chi connectivity index (χ4v) is 2.01. The van der Waals surface area contributed by atoms with Gasteiger partial charge < -0.3 is 10.7 Å². The van der Waals surface area contributed by atoms with Crippen LogP contribution in [0.3, 0.4) is 0 Å². The Morgan fingerprint density at radius 2 is 2.39 bits per heavy atom. The van der Waals surface area contributed by atoms with Gasteiger partial charge >= 0.3 is 0 Å². The summed E-state index contributed by atoms with van der Waals surface area (Å²) >= 11 is 5.06. The van der Waals surface area contributed by atoms with Crippen molar-refractivity contribution in [3.05, 3.63) is 22.3 Å².